The van der Waals surface area contributed by atoms with E-state index >= 15 is 0 Å². The Kier molecular flexibility index (Phi) is 3.75. The number of benzene rings is 2. The van der Waals surface area contributed by atoms with Gasteiger partial charge in [0.1, 0.15) is 5.75 Å². The Balaban J connectivity index is 1.75. The molecule has 1 heterocycles. The third-order valence-electron chi connectivity index (χ3n) is 4.14. The molecule has 0 bridgehead atoms. The average molecular weight is 267 g/mol. The van der Waals surface area contributed by atoms with Crippen molar-refractivity contribution >= 4 is 0 Å². The van der Waals surface area contributed by atoms with E-state index in [0.29, 0.717) is 5.41 Å². The van der Waals surface area contributed by atoms with Crippen molar-refractivity contribution in [1.82, 2.24) is 5.32 Å². The molecule has 2 aromatic carbocycles. The maximum atomic E-state index is 5.32. The molecule has 2 aromatic rings. The number of rotatable bonds is 5. The first-order valence-corrected chi connectivity index (χ1v) is 7.17. The van der Waals surface area contributed by atoms with E-state index in [0.717, 1.165) is 31.7 Å². The lowest BCUT2D eigenvalue weighted by Gasteiger charge is -2.43. The van der Waals surface area contributed by atoms with Gasteiger partial charge in [0.25, 0.3) is 0 Å². The lowest BCUT2D eigenvalue weighted by Crippen LogP contribution is -2.56. The number of ether oxygens (including phenoxy) is 1. The van der Waals surface area contributed by atoms with Crippen molar-refractivity contribution in [3.05, 3.63) is 65.7 Å². The highest BCUT2D eigenvalue weighted by molar-refractivity contribution is 5.30. The van der Waals surface area contributed by atoms with Crippen LogP contribution < -0.4 is 10.1 Å². The normalized spacial score (nSPS) is 16.4. The highest BCUT2D eigenvalue weighted by Crippen LogP contribution is 2.32. The van der Waals surface area contributed by atoms with Crippen LogP contribution in [-0.2, 0) is 12.8 Å². The van der Waals surface area contributed by atoms with Crippen molar-refractivity contribution in [3.63, 3.8) is 0 Å². The van der Waals surface area contributed by atoms with Gasteiger partial charge in [-0.2, -0.15) is 0 Å². The van der Waals surface area contributed by atoms with Crippen LogP contribution in [0.3, 0.4) is 0 Å². The number of hydrogen-bond acceptors (Lipinski definition) is 2. The fraction of sp³-hybridized carbons (Fsp3) is 0.333. The lowest BCUT2D eigenvalue weighted by atomic mass is 9.72. The minimum Gasteiger partial charge on any atom is -0.497 e. The molecule has 1 fully saturated rings. The van der Waals surface area contributed by atoms with E-state index in [9.17, 15) is 0 Å². The average Bonchev–Trinajstić information content (AvgIpc) is 2.46. The molecule has 2 nitrogen and oxygen atoms in total. The van der Waals surface area contributed by atoms with Crippen molar-refractivity contribution in [2.24, 2.45) is 5.41 Å². The van der Waals surface area contributed by atoms with Crippen LogP contribution in [0, 0.1) is 5.41 Å². The molecule has 0 spiro atoms. The van der Waals surface area contributed by atoms with E-state index in [1.165, 1.54) is 11.1 Å². The van der Waals surface area contributed by atoms with Gasteiger partial charge in [0, 0.05) is 18.5 Å². The molecule has 0 radical (unpaired) electrons. The van der Waals surface area contributed by atoms with Crippen molar-refractivity contribution < 1.29 is 4.74 Å². The Morgan fingerprint density at radius 3 is 2.30 bits per heavy atom. The maximum absolute atomic E-state index is 5.32. The minimum absolute atomic E-state index is 0.355. The van der Waals surface area contributed by atoms with Crippen LogP contribution in [0.4, 0.5) is 0 Å². The van der Waals surface area contributed by atoms with Crippen molar-refractivity contribution in [3.8, 4) is 5.75 Å². The van der Waals surface area contributed by atoms with Crippen LogP contribution in [0.2, 0.25) is 0 Å². The highest BCUT2D eigenvalue weighted by atomic mass is 16.5. The smallest absolute Gasteiger partial charge is 0.119 e. The van der Waals surface area contributed by atoms with Gasteiger partial charge in [0.2, 0.25) is 0 Å². The van der Waals surface area contributed by atoms with Crippen LogP contribution in [-0.4, -0.2) is 20.2 Å². The van der Waals surface area contributed by atoms with Crippen LogP contribution in [0.1, 0.15) is 11.1 Å². The molecule has 1 N–H and O–H groups in total. The fourth-order valence-electron chi connectivity index (χ4n) is 3.04. The summed E-state index contributed by atoms with van der Waals surface area (Å²) in [5.74, 6) is 0.949. The Morgan fingerprint density at radius 2 is 1.65 bits per heavy atom. The maximum Gasteiger partial charge on any atom is 0.119 e. The number of methoxy groups -OCH3 is 1. The molecule has 104 valence electrons. The SMILES string of the molecule is COc1cccc(CC2(Cc3ccccc3)CNC2)c1. The molecular weight excluding hydrogens is 246 g/mol. The Labute approximate surface area is 120 Å². The van der Waals surface area contributed by atoms with Crippen LogP contribution >= 0.6 is 0 Å². The van der Waals surface area contributed by atoms with E-state index in [-0.39, 0.29) is 0 Å². The summed E-state index contributed by atoms with van der Waals surface area (Å²) in [6.07, 6.45) is 2.24. The minimum atomic E-state index is 0.355. The van der Waals surface area contributed by atoms with E-state index < -0.39 is 0 Å². The quantitative estimate of drug-likeness (QED) is 0.899. The standard InChI is InChI=1S/C18H21NO/c1-20-17-9-5-8-16(10-17)12-18(13-19-14-18)11-15-6-3-2-4-7-15/h2-10,19H,11-14H2,1H3. The fourth-order valence-corrected chi connectivity index (χ4v) is 3.04. The molecule has 0 aliphatic carbocycles. The summed E-state index contributed by atoms with van der Waals surface area (Å²) >= 11 is 0. The third-order valence-corrected chi connectivity index (χ3v) is 4.14. The van der Waals surface area contributed by atoms with E-state index in [1.807, 2.05) is 6.07 Å². The summed E-state index contributed by atoms with van der Waals surface area (Å²) in [7, 11) is 1.73. The summed E-state index contributed by atoms with van der Waals surface area (Å²) in [5.41, 5.74) is 3.15. The first-order chi connectivity index (χ1) is 9.80. The van der Waals surface area contributed by atoms with E-state index in [1.54, 1.807) is 7.11 Å². The number of hydrogen-bond donors (Lipinski definition) is 1. The molecular formula is C18H21NO. The lowest BCUT2D eigenvalue weighted by molar-refractivity contribution is 0.166. The zero-order chi connectivity index (χ0) is 13.8. The number of nitrogens with one attached hydrogen (secondary N) is 1. The van der Waals surface area contributed by atoms with Gasteiger partial charge < -0.3 is 10.1 Å². The van der Waals surface area contributed by atoms with Gasteiger partial charge in [0.15, 0.2) is 0 Å². The zero-order valence-corrected chi connectivity index (χ0v) is 11.9. The van der Waals surface area contributed by atoms with Crippen molar-refractivity contribution in [1.29, 1.82) is 0 Å². The van der Waals surface area contributed by atoms with E-state index in [2.05, 4.69) is 53.8 Å². The molecule has 0 amide bonds. The zero-order valence-electron chi connectivity index (χ0n) is 11.9. The van der Waals surface area contributed by atoms with Crippen LogP contribution in [0.25, 0.3) is 0 Å². The summed E-state index contributed by atoms with van der Waals surface area (Å²) in [6, 6.07) is 19.2. The second-order valence-electron chi connectivity index (χ2n) is 5.79. The van der Waals surface area contributed by atoms with Crippen molar-refractivity contribution in [2.75, 3.05) is 20.2 Å². The summed E-state index contributed by atoms with van der Waals surface area (Å²) < 4.78 is 5.32. The topological polar surface area (TPSA) is 21.3 Å². The van der Waals surface area contributed by atoms with E-state index in [4.69, 9.17) is 4.74 Å². The van der Waals surface area contributed by atoms with Gasteiger partial charge in [-0.15, -0.1) is 0 Å². The summed E-state index contributed by atoms with van der Waals surface area (Å²) in [4.78, 5) is 0. The monoisotopic (exact) mass is 267 g/mol. The Bertz CT molecular complexity index is 561. The summed E-state index contributed by atoms with van der Waals surface area (Å²) in [5, 5.41) is 3.44. The molecule has 0 aromatic heterocycles. The molecule has 1 saturated heterocycles. The predicted octanol–water partition coefficient (Wildman–Crippen LogP) is 3.07. The van der Waals surface area contributed by atoms with Crippen molar-refractivity contribution in [2.45, 2.75) is 12.8 Å². The van der Waals surface area contributed by atoms with Gasteiger partial charge in [0.05, 0.1) is 7.11 Å². The van der Waals surface area contributed by atoms with Gasteiger partial charge in [-0.3, -0.25) is 0 Å². The first kappa shape index (κ1) is 13.2. The van der Waals surface area contributed by atoms with Gasteiger partial charge in [-0.1, -0.05) is 42.5 Å². The molecule has 3 rings (SSSR count). The molecule has 0 unspecified atom stereocenters. The Hall–Kier alpha value is -1.80. The van der Waals surface area contributed by atoms with Gasteiger partial charge >= 0.3 is 0 Å². The molecule has 20 heavy (non-hydrogen) atoms. The molecule has 0 saturated carbocycles. The van der Waals surface area contributed by atoms with Crippen LogP contribution in [0.5, 0.6) is 5.75 Å². The highest BCUT2D eigenvalue weighted by Gasteiger charge is 2.36. The third kappa shape index (κ3) is 2.86. The van der Waals surface area contributed by atoms with Crippen LogP contribution in [0.15, 0.2) is 54.6 Å². The van der Waals surface area contributed by atoms with Gasteiger partial charge in [-0.05, 0) is 36.1 Å². The second kappa shape index (κ2) is 5.68. The second-order valence-corrected chi connectivity index (χ2v) is 5.79. The molecule has 1 aliphatic heterocycles. The van der Waals surface area contributed by atoms with Gasteiger partial charge in [-0.25, -0.2) is 0 Å². The molecule has 0 atom stereocenters. The predicted molar refractivity (Wildman–Crippen MR) is 82.1 cm³/mol. The molecule has 1 aliphatic rings. The summed E-state index contributed by atoms with van der Waals surface area (Å²) in [6.45, 7) is 2.19. The molecule has 2 heteroatoms. The largest absolute Gasteiger partial charge is 0.497 e. The first-order valence-electron chi connectivity index (χ1n) is 7.17. The Morgan fingerprint density at radius 1 is 0.950 bits per heavy atom.